The molecule has 20 heavy (non-hydrogen) atoms. The Morgan fingerprint density at radius 1 is 1.15 bits per heavy atom. The summed E-state index contributed by atoms with van der Waals surface area (Å²) in [6.45, 7) is 3.89. The molecular formula is C16H17ClINO. The third kappa shape index (κ3) is 4.65. The Morgan fingerprint density at radius 3 is 2.60 bits per heavy atom. The van der Waals surface area contributed by atoms with Gasteiger partial charge in [-0.2, -0.15) is 0 Å². The van der Waals surface area contributed by atoms with Gasteiger partial charge in [0.25, 0.3) is 0 Å². The van der Waals surface area contributed by atoms with Gasteiger partial charge in [0, 0.05) is 20.7 Å². The molecule has 0 atom stereocenters. The fourth-order valence-corrected chi connectivity index (χ4v) is 2.37. The summed E-state index contributed by atoms with van der Waals surface area (Å²) in [4.78, 5) is 0. The highest BCUT2D eigenvalue weighted by atomic mass is 127. The first-order chi connectivity index (χ1) is 9.69. The third-order valence-corrected chi connectivity index (χ3v) is 3.76. The molecule has 1 N–H and O–H groups in total. The lowest BCUT2D eigenvalue weighted by molar-refractivity contribution is 0.472. The van der Waals surface area contributed by atoms with E-state index in [2.05, 4.69) is 34.8 Å². The molecule has 2 aromatic rings. The molecule has 0 fully saturated rings. The quantitative estimate of drug-likeness (QED) is 0.528. The zero-order chi connectivity index (χ0) is 14.4. The van der Waals surface area contributed by atoms with Crippen molar-refractivity contribution < 1.29 is 4.74 Å². The fourth-order valence-electron chi connectivity index (χ4n) is 1.82. The minimum atomic E-state index is 0.730. The maximum Gasteiger partial charge on any atom is 0.132 e. The van der Waals surface area contributed by atoms with E-state index in [1.165, 1.54) is 3.57 Å². The summed E-state index contributed by atoms with van der Waals surface area (Å²) in [6.07, 6.45) is 1.11. The van der Waals surface area contributed by atoms with Crippen molar-refractivity contribution in [3.8, 4) is 11.5 Å². The van der Waals surface area contributed by atoms with Crippen molar-refractivity contribution in [2.75, 3.05) is 6.54 Å². The van der Waals surface area contributed by atoms with E-state index in [4.69, 9.17) is 16.3 Å². The van der Waals surface area contributed by atoms with E-state index in [9.17, 15) is 0 Å². The average molecular weight is 402 g/mol. The summed E-state index contributed by atoms with van der Waals surface area (Å²) in [5, 5.41) is 4.10. The normalized spacial score (nSPS) is 10.6. The fraction of sp³-hybridized carbons (Fsp3) is 0.250. The van der Waals surface area contributed by atoms with Crippen molar-refractivity contribution in [1.29, 1.82) is 0 Å². The second-order valence-corrected chi connectivity index (χ2v) is 6.17. The van der Waals surface area contributed by atoms with E-state index in [-0.39, 0.29) is 0 Å². The Kier molecular flexibility index (Phi) is 6.13. The maximum absolute atomic E-state index is 6.07. The molecule has 2 aromatic carbocycles. The highest BCUT2D eigenvalue weighted by Crippen LogP contribution is 2.28. The summed E-state index contributed by atoms with van der Waals surface area (Å²) in [5.74, 6) is 1.68. The van der Waals surface area contributed by atoms with Crippen LogP contribution in [0.4, 0.5) is 0 Å². The van der Waals surface area contributed by atoms with E-state index in [1.54, 1.807) is 0 Å². The van der Waals surface area contributed by atoms with Gasteiger partial charge in [-0.05, 0) is 78.0 Å². The molecule has 106 valence electrons. The van der Waals surface area contributed by atoms with Gasteiger partial charge in [-0.25, -0.2) is 0 Å². The lowest BCUT2D eigenvalue weighted by Gasteiger charge is -2.12. The second-order valence-electron chi connectivity index (χ2n) is 4.48. The van der Waals surface area contributed by atoms with Crippen LogP contribution in [0.1, 0.15) is 18.9 Å². The van der Waals surface area contributed by atoms with Crippen molar-refractivity contribution >= 4 is 34.2 Å². The van der Waals surface area contributed by atoms with Gasteiger partial charge >= 0.3 is 0 Å². The molecule has 0 spiro atoms. The van der Waals surface area contributed by atoms with Gasteiger partial charge in [-0.1, -0.05) is 18.5 Å². The van der Waals surface area contributed by atoms with E-state index >= 15 is 0 Å². The molecule has 4 heteroatoms. The smallest absolute Gasteiger partial charge is 0.132 e. The number of rotatable bonds is 6. The topological polar surface area (TPSA) is 21.3 Å². The summed E-state index contributed by atoms with van der Waals surface area (Å²) in [5.41, 5.74) is 1.07. The monoisotopic (exact) mass is 401 g/mol. The number of nitrogens with one attached hydrogen (secondary N) is 1. The Labute approximate surface area is 138 Å². The lowest BCUT2D eigenvalue weighted by Crippen LogP contribution is -2.14. The zero-order valence-corrected chi connectivity index (χ0v) is 14.2. The van der Waals surface area contributed by atoms with Gasteiger partial charge in [-0.3, -0.25) is 0 Å². The van der Waals surface area contributed by atoms with E-state index in [0.29, 0.717) is 0 Å². The predicted octanol–water partition coefficient (Wildman–Crippen LogP) is 5.24. The van der Waals surface area contributed by atoms with Crippen LogP contribution in [0.15, 0.2) is 42.5 Å². The average Bonchev–Trinajstić information content (AvgIpc) is 2.44. The Balaban J connectivity index is 2.15. The molecule has 0 bridgehead atoms. The van der Waals surface area contributed by atoms with Crippen LogP contribution < -0.4 is 10.1 Å². The number of hydrogen-bond donors (Lipinski definition) is 1. The summed E-state index contributed by atoms with van der Waals surface area (Å²) >= 11 is 8.35. The SMILES string of the molecule is CCCNCc1cc(Cl)ccc1Oc1ccc(I)cc1. The van der Waals surface area contributed by atoms with Crippen molar-refractivity contribution in [2.45, 2.75) is 19.9 Å². The van der Waals surface area contributed by atoms with E-state index in [1.807, 2.05) is 42.5 Å². The zero-order valence-electron chi connectivity index (χ0n) is 11.3. The Bertz CT molecular complexity index is 557. The van der Waals surface area contributed by atoms with Crippen molar-refractivity contribution in [3.63, 3.8) is 0 Å². The van der Waals surface area contributed by atoms with Gasteiger partial charge in [0.2, 0.25) is 0 Å². The molecular weight excluding hydrogens is 385 g/mol. The van der Waals surface area contributed by atoms with Gasteiger partial charge in [-0.15, -0.1) is 0 Å². The second kappa shape index (κ2) is 7.86. The standard InChI is InChI=1S/C16H17ClINO/c1-2-9-19-11-12-10-13(17)3-8-16(12)20-15-6-4-14(18)5-7-15/h3-8,10,19H,2,9,11H2,1H3. The van der Waals surface area contributed by atoms with Crippen molar-refractivity contribution in [1.82, 2.24) is 5.32 Å². The Hall–Kier alpha value is -0.780. The molecule has 0 saturated carbocycles. The highest BCUT2D eigenvalue weighted by Gasteiger charge is 2.06. The van der Waals surface area contributed by atoms with Gasteiger partial charge in [0.15, 0.2) is 0 Å². The van der Waals surface area contributed by atoms with Crippen LogP contribution in [0.3, 0.4) is 0 Å². The first kappa shape index (κ1) is 15.6. The molecule has 0 aliphatic heterocycles. The van der Waals surface area contributed by atoms with Gasteiger partial charge in [0.05, 0.1) is 0 Å². The molecule has 0 aliphatic carbocycles. The van der Waals surface area contributed by atoms with Crippen LogP contribution in [0.25, 0.3) is 0 Å². The molecule has 0 saturated heterocycles. The number of benzene rings is 2. The van der Waals surface area contributed by atoms with Crippen molar-refractivity contribution in [2.24, 2.45) is 0 Å². The first-order valence-electron chi connectivity index (χ1n) is 6.61. The minimum absolute atomic E-state index is 0.730. The van der Waals surface area contributed by atoms with Crippen LogP contribution in [0.2, 0.25) is 5.02 Å². The van der Waals surface area contributed by atoms with Crippen molar-refractivity contribution in [3.05, 3.63) is 56.6 Å². The molecule has 2 nitrogen and oxygen atoms in total. The molecule has 0 radical (unpaired) electrons. The minimum Gasteiger partial charge on any atom is -0.457 e. The molecule has 0 aliphatic rings. The molecule has 0 heterocycles. The van der Waals surface area contributed by atoms with E-state index < -0.39 is 0 Å². The lowest BCUT2D eigenvalue weighted by atomic mass is 10.2. The maximum atomic E-state index is 6.07. The van der Waals surface area contributed by atoms with Crippen LogP contribution in [-0.4, -0.2) is 6.54 Å². The first-order valence-corrected chi connectivity index (χ1v) is 8.07. The number of ether oxygens (including phenoxy) is 1. The highest BCUT2D eigenvalue weighted by molar-refractivity contribution is 14.1. The van der Waals surface area contributed by atoms with Crippen LogP contribution >= 0.6 is 34.2 Å². The largest absolute Gasteiger partial charge is 0.457 e. The number of halogens is 2. The molecule has 0 aromatic heterocycles. The van der Waals surface area contributed by atoms with Crippen LogP contribution in [-0.2, 0) is 6.54 Å². The number of hydrogen-bond acceptors (Lipinski definition) is 2. The van der Waals surface area contributed by atoms with Gasteiger partial charge in [0.1, 0.15) is 11.5 Å². The Morgan fingerprint density at radius 2 is 1.90 bits per heavy atom. The third-order valence-electron chi connectivity index (χ3n) is 2.81. The molecule has 0 unspecified atom stereocenters. The van der Waals surface area contributed by atoms with Crippen LogP contribution in [0, 0.1) is 3.57 Å². The summed E-state index contributed by atoms with van der Waals surface area (Å²) in [6, 6.07) is 13.7. The van der Waals surface area contributed by atoms with E-state index in [0.717, 1.165) is 41.6 Å². The molecule has 0 amide bonds. The van der Waals surface area contributed by atoms with Gasteiger partial charge < -0.3 is 10.1 Å². The molecule has 2 rings (SSSR count). The van der Waals surface area contributed by atoms with Crippen LogP contribution in [0.5, 0.6) is 11.5 Å². The predicted molar refractivity (Wildman–Crippen MR) is 92.7 cm³/mol. The summed E-state index contributed by atoms with van der Waals surface area (Å²) < 4.78 is 7.14. The summed E-state index contributed by atoms with van der Waals surface area (Å²) in [7, 11) is 0.